The lowest BCUT2D eigenvalue weighted by Gasteiger charge is -2.21. The second-order valence-electron chi connectivity index (χ2n) is 5.49. The quantitative estimate of drug-likeness (QED) is 0.811. The molecule has 0 radical (unpaired) electrons. The van der Waals surface area contributed by atoms with E-state index < -0.39 is 0 Å². The van der Waals surface area contributed by atoms with E-state index in [2.05, 4.69) is 50.4 Å². The van der Waals surface area contributed by atoms with Crippen molar-refractivity contribution in [3.8, 4) is 0 Å². The van der Waals surface area contributed by atoms with E-state index in [1.165, 1.54) is 30.4 Å². The SMILES string of the molecule is CC(C)CC(C)NC1CCc2ccccc21. The van der Waals surface area contributed by atoms with Gasteiger partial charge in [-0.3, -0.25) is 0 Å². The Morgan fingerprint density at radius 3 is 2.75 bits per heavy atom. The molecule has 2 atom stereocenters. The molecule has 2 unspecified atom stereocenters. The molecule has 0 fully saturated rings. The molecule has 1 nitrogen and oxygen atoms in total. The second kappa shape index (κ2) is 5.01. The number of hydrogen-bond acceptors (Lipinski definition) is 1. The molecular formula is C15H23N. The lowest BCUT2D eigenvalue weighted by molar-refractivity contribution is 0.393. The molecular weight excluding hydrogens is 194 g/mol. The lowest BCUT2D eigenvalue weighted by Crippen LogP contribution is -2.30. The summed E-state index contributed by atoms with van der Waals surface area (Å²) in [7, 11) is 0. The van der Waals surface area contributed by atoms with E-state index in [1.807, 2.05) is 0 Å². The molecule has 0 spiro atoms. The Balaban J connectivity index is 1.98. The fourth-order valence-electron chi connectivity index (χ4n) is 2.85. The van der Waals surface area contributed by atoms with Gasteiger partial charge >= 0.3 is 0 Å². The number of hydrogen-bond donors (Lipinski definition) is 1. The minimum atomic E-state index is 0.588. The van der Waals surface area contributed by atoms with Gasteiger partial charge in [0.25, 0.3) is 0 Å². The minimum absolute atomic E-state index is 0.588. The van der Waals surface area contributed by atoms with Gasteiger partial charge in [0.1, 0.15) is 0 Å². The first kappa shape index (κ1) is 11.7. The van der Waals surface area contributed by atoms with Gasteiger partial charge in [0.05, 0.1) is 0 Å². The molecule has 0 amide bonds. The van der Waals surface area contributed by atoms with Gasteiger partial charge in [-0.25, -0.2) is 0 Å². The number of aryl methyl sites for hydroxylation is 1. The molecule has 2 rings (SSSR count). The molecule has 1 aromatic rings. The Kier molecular flexibility index (Phi) is 3.65. The summed E-state index contributed by atoms with van der Waals surface area (Å²) in [6.45, 7) is 6.89. The van der Waals surface area contributed by atoms with Crippen LogP contribution in [0.1, 0.15) is 50.8 Å². The maximum Gasteiger partial charge on any atom is 0.0328 e. The lowest BCUT2D eigenvalue weighted by atomic mass is 10.0. The van der Waals surface area contributed by atoms with E-state index in [9.17, 15) is 0 Å². The topological polar surface area (TPSA) is 12.0 Å². The first-order chi connectivity index (χ1) is 7.66. The molecule has 16 heavy (non-hydrogen) atoms. The summed E-state index contributed by atoms with van der Waals surface area (Å²) in [4.78, 5) is 0. The third-order valence-corrected chi connectivity index (χ3v) is 3.44. The van der Waals surface area contributed by atoms with Crippen LogP contribution in [0.2, 0.25) is 0 Å². The van der Waals surface area contributed by atoms with Crippen molar-refractivity contribution in [1.29, 1.82) is 0 Å². The van der Waals surface area contributed by atoms with E-state index in [0.717, 1.165) is 5.92 Å². The molecule has 0 aromatic heterocycles. The summed E-state index contributed by atoms with van der Waals surface area (Å²) in [6.07, 6.45) is 3.77. The van der Waals surface area contributed by atoms with Crippen LogP contribution in [-0.4, -0.2) is 6.04 Å². The predicted octanol–water partition coefficient (Wildman–Crippen LogP) is 3.70. The van der Waals surface area contributed by atoms with Crippen LogP contribution in [0.25, 0.3) is 0 Å². The Bertz CT molecular complexity index is 343. The van der Waals surface area contributed by atoms with Gasteiger partial charge in [0.2, 0.25) is 0 Å². The molecule has 1 aliphatic carbocycles. The third kappa shape index (κ3) is 2.65. The van der Waals surface area contributed by atoms with Gasteiger partial charge in [-0.2, -0.15) is 0 Å². The summed E-state index contributed by atoms with van der Waals surface area (Å²) >= 11 is 0. The summed E-state index contributed by atoms with van der Waals surface area (Å²) in [5.74, 6) is 0.777. The van der Waals surface area contributed by atoms with Crippen LogP contribution in [-0.2, 0) is 6.42 Å². The van der Waals surface area contributed by atoms with Crippen LogP contribution in [0.3, 0.4) is 0 Å². The number of fused-ring (bicyclic) bond motifs is 1. The van der Waals surface area contributed by atoms with E-state index in [4.69, 9.17) is 0 Å². The van der Waals surface area contributed by atoms with Crippen LogP contribution in [0.15, 0.2) is 24.3 Å². The van der Waals surface area contributed by atoms with Crippen LogP contribution in [0, 0.1) is 5.92 Å². The summed E-state index contributed by atoms with van der Waals surface area (Å²) < 4.78 is 0. The molecule has 88 valence electrons. The molecule has 0 bridgehead atoms. The Morgan fingerprint density at radius 1 is 1.25 bits per heavy atom. The molecule has 0 heterocycles. The van der Waals surface area contributed by atoms with E-state index >= 15 is 0 Å². The highest BCUT2D eigenvalue weighted by molar-refractivity contribution is 5.34. The van der Waals surface area contributed by atoms with Crippen molar-refractivity contribution < 1.29 is 0 Å². The van der Waals surface area contributed by atoms with Crippen molar-refractivity contribution in [2.75, 3.05) is 0 Å². The second-order valence-corrected chi connectivity index (χ2v) is 5.49. The van der Waals surface area contributed by atoms with Crippen LogP contribution in [0.4, 0.5) is 0 Å². The van der Waals surface area contributed by atoms with Gasteiger partial charge < -0.3 is 5.32 Å². The van der Waals surface area contributed by atoms with Gasteiger partial charge in [-0.1, -0.05) is 38.1 Å². The number of rotatable bonds is 4. The van der Waals surface area contributed by atoms with Crippen molar-refractivity contribution >= 4 is 0 Å². The monoisotopic (exact) mass is 217 g/mol. The van der Waals surface area contributed by atoms with Gasteiger partial charge in [-0.15, -0.1) is 0 Å². The molecule has 1 heteroatoms. The highest BCUT2D eigenvalue weighted by Crippen LogP contribution is 2.31. The molecule has 1 aromatic carbocycles. The average molecular weight is 217 g/mol. The van der Waals surface area contributed by atoms with Crippen LogP contribution < -0.4 is 5.32 Å². The fraction of sp³-hybridized carbons (Fsp3) is 0.600. The van der Waals surface area contributed by atoms with Crippen LogP contribution >= 0.6 is 0 Å². The first-order valence-electron chi connectivity index (χ1n) is 6.50. The molecule has 0 aliphatic heterocycles. The molecule has 1 N–H and O–H groups in total. The summed E-state index contributed by atoms with van der Waals surface area (Å²) in [6, 6.07) is 10.1. The molecule has 1 aliphatic rings. The number of nitrogens with one attached hydrogen (secondary N) is 1. The van der Waals surface area contributed by atoms with Crippen molar-refractivity contribution in [3.05, 3.63) is 35.4 Å². The summed E-state index contributed by atoms with van der Waals surface area (Å²) in [5.41, 5.74) is 3.06. The van der Waals surface area contributed by atoms with Gasteiger partial charge in [0.15, 0.2) is 0 Å². The first-order valence-corrected chi connectivity index (χ1v) is 6.50. The summed E-state index contributed by atoms with van der Waals surface area (Å²) in [5, 5.41) is 3.77. The van der Waals surface area contributed by atoms with Crippen molar-refractivity contribution in [2.24, 2.45) is 5.92 Å². The van der Waals surface area contributed by atoms with Crippen molar-refractivity contribution in [2.45, 2.75) is 52.1 Å². The van der Waals surface area contributed by atoms with Gasteiger partial charge in [0, 0.05) is 12.1 Å². The van der Waals surface area contributed by atoms with Crippen molar-refractivity contribution in [1.82, 2.24) is 5.32 Å². The maximum absolute atomic E-state index is 3.77. The predicted molar refractivity (Wildman–Crippen MR) is 69.6 cm³/mol. The minimum Gasteiger partial charge on any atom is -0.307 e. The van der Waals surface area contributed by atoms with E-state index in [1.54, 1.807) is 0 Å². The molecule has 0 saturated heterocycles. The maximum atomic E-state index is 3.77. The normalized spacial score (nSPS) is 21.1. The zero-order valence-electron chi connectivity index (χ0n) is 10.7. The van der Waals surface area contributed by atoms with Gasteiger partial charge in [-0.05, 0) is 43.2 Å². The van der Waals surface area contributed by atoms with Crippen LogP contribution in [0.5, 0.6) is 0 Å². The standard InChI is InChI=1S/C15H23N/c1-11(2)10-12(3)16-15-9-8-13-6-4-5-7-14(13)15/h4-7,11-12,15-16H,8-10H2,1-3H3. The zero-order chi connectivity index (χ0) is 11.5. The average Bonchev–Trinajstić information content (AvgIpc) is 2.61. The highest BCUT2D eigenvalue weighted by Gasteiger charge is 2.22. The Labute approximate surface area is 99.3 Å². The van der Waals surface area contributed by atoms with Crippen molar-refractivity contribution in [3.63, 3.8) is 0 Å². The number of benzene rings is 1. The highest BCUT2D eigenvalue weighted by atomic mass is 14.9. The van der Waals surface area contributed by atoms with E-state index in [0.29, 0.717) is 12.1 Å². The molecule has 0 saturated carbocycles. The Hall–Kier alpha value is -0.820. The third-order valence-electron chi connectivity index (χ3n) is 3.44. The van der Waals surface area contributed by atoms with E-state index in [-0.39, 0.29) is 0 Å². The fourth-order valence-corrected chi connectivity index (χ4v) is 2.85. The largest absolute Gasteiger partial charge is 0.307 e. The Morgan fingerprint density at radius 2 is 2.00 bits per heavy atom. The zero-order valence-corrected chi connectivity index (χ0v) is 10.7. The smallest absolute Gasteiger partial charge is 0.0328 e.